The first-order valence-corrected chi connectivity index (χ1v) is 8.29. The van der Waals surface area contributed by atoms with Gasteiger partial charge in [0.1, 0.15) is 11.4 Å². The van der Waals surface area contributed by atoms with Gasteiger partial charge in [-0.15, -0.1) is 11.3 Å². The van der Waals surface area contributed by atoms with Crippen molar-refractivity contribution in [2.24, 2.45) is 7.05 Å². The monoisotopic (exact) mass is 320 g/mol. The molecule has 1 unspecified atom stereocenters. The molecule has 0 saturated carbocycles. The quantitative estimate of drug-likeness (QED) is 0.892. The molecule has 1 amide bonds. The van der Waals surface area contributed by atoms with Crippen LogP contribution in [0.2, 0.25) is 0 Å². The zero-order chi connectivity index (χ0) is 15.5. The fourth-order valence-corrected chi connectivity index (χ4v) is 3.16. The van der Waals surface area contributed by atoms with E-state index in [4.69, 9.17) is 0 Å². The molecule has 2 aromatic rings. The van der Waals surface area contributed by atoms with E-state index in [-0.39, 0.29) is 5.91 Å². The van der Waals surface area contributed by atoms with Crippen LogP contribution >= 0.6 is 11.3 Å². The largest absolute Gasteiger partial charge is 0.354 e. The van der Waals surface area contributed by atoms with E-state index in [1.54, 1.807) is 17.1 Å². The Morgan fingerprint density at radius 2 is 2.36 bits per heavy atom. The predicted octanol–water partition coefficient (Wildman–Crippen LogP) is 1.32. The Hall–Kier alpha value is -1.93. The first-order valence-electron chi connectivity index (χ1n) is 7.35. The first-order chi connectivity index (χ1) is 10.6. The molecule has 1 aliphatic heterocycles. The van der Waals surface area contributed by atoms with Gasteiger partial charge in [0.25, 0.3) is 5.91 Å². The zero-order valence-electron chi connectivity index (χ0n) is 12.7. The molecule has 2 aromatic heterocycles. The number of carbonyl (C=O) groups excluding carboxylic acids is 1. The number of nitrogens with one attached hydrogen (secondary N) is 2. The molecule has 0 bridgehead atoms. The van der Waals surface area contributed by atoms with Crippen LogP contribution in [0.3, 0.4) is 0 Å². The van der Waals surface area contributed by atoms with Gasteiger partial charge in [-0.2, -0.15) is 5.10 Å². The number of anilines is 2. The van der Waals surface area contributed by atoms with Crippen molar-refractivity contribution in [2.45, 2.75) is 19.4 Å². The molecule has 0 aromatic carbocycles. The normalized spacial score (nSPS) is 19.0. The molecule has 0 aliphatic carbocycles. The number of rotatable bonds is 3. The Labute approximate surface area is 133 Å². The number of thiazole rings is 1. The Bertz CT molecular complexity index is 638. The number of nitrogens with zero attached hydrogens (tertiary/aromatic N) is 4. The van der Waals surface area contributed by atoms with E-state index in [0.717, 1.165) is 37.6 Å². The lowest BCUT2D eigenvalue weighted by Gasteiger charge is -2.23. The van der Waals surface area contributed by atoms with Crippen LogP contribution in [-0.2, 0) is 7.05 Å². The van der Waals surface area contributed by atoms with Gasteiger partial charge in [0, 0.05) is 38.1 Å². The second-order valence-corrected chi connectivity index (χ2v) is 6.18. The Balaban J connectivity index is 1.80. The number of aryl methyl sites for hydroxylation is 1. The summed E-state index contributed by atoms with van der Waals surface area (Å²) in [5, 5.41) is 12.4. The van der Waals surface area contributed by atoms with Crippen LogP contribution in [0.4, 0.5) is 11.5 Å². The van der Waals surface area contributed by atoms with Crippen LogP contribution in [-0.4, -0.2) is 46.3 Å². The van der Waals surface area contributed by atoms with Crippen molar-refractivity contribution in [3.05, 3.63) is 22.8 Å². The van der Waals surface area contributed by atoms with Crippen LogP contribution in [0.25, 0.3) is 0 Å². The molecule has 1 saturated heterocycles. The van der Waals surface area contributed by atoms with Gasteiger partial charge in [0.15, 0.2) is 5.82 Å². The minimum Gasteiger partial charge on any atom is -0.354 e. The molecular formula is C14H20N6OS. The molecular weight excluding hydrogens is 300 g/mol. The number of carbonyl (C=O) groups is 1. The van der Waals surface area contributed by atoms with Crippen molar-refractivity contribution in [1.82, 2.24) is 20.1 Å². The summed E-state index contributed by atoms with van der Waals surface area (Å²) in [6.07, 6.45) is 2.76. The molecule has 0 radical (unpaired) electrons. The molecule has 118 valence electrons. The van der Waals surface area contributed by atoms with Gasteiger partial charge < -0.3 is 15.5 Å². The lowest BCUT2D eigenvalue weighted by atomic mass is 10.2. The van der Waals surface area contributed by atoms with E-state index in [2.05, 4.69) is 32.5 Å². The van der Waals surface area contributed by atoms with Gasteiger partial charge in [-0.25, -0.2) is 4.98 Å². The first kappa shape index (κ1) is 15.0. The maximum Gasteiger partial charge on any atom is 0.275 e. The van der Waals surface area contributed by atoms with Crippen molar-refractivity contribution < 1.29 is 4.79 Å². The highest BCUT2D eigenvalue weighted by Gasteiger charge is 2.21. The molecule has 22 heavy (non-hydrogen) atoms. The third-order valence-corrected chi connectivity index (χ3v) is 4.41. The van der Waals surface area contributed by atoms with E-state index in [1.165, 1.54) is 11.3 Å². The Morgan fingerprint density at radius 3 is 3.14 bits per heavy atom. The number of aromatic nitrogens is 3. The fourth-order valence-electron chi connectivity index (χ4n) is 2.63. The van der Waals surface area contributed by atoms with Gasteiger partial charge in [-0.3, -0.25) is 9.48 Å². The van der Waals surface area contributed by atoms with Crippen LogP contribution in [0.15, 0.2) is 17.1 Å². The van der Waals surface area contributed by atoms with Crippen LogP contribution in [0.5, 0.6) is 0 Å². The van der Waals surface area contributed by atoms with Crippen molar-refractivity contribution in [3.8, 4) is 0 Å². The van der Waals surface area contributed by atoms with Gasteiger partial charge in [-0.05, 0) is 13.3 Å². The smallest absolute Gasteiger partial charge is 0.275 e. The van der Waals surface area contributed by atoms with Gasteiger partial charge in [-0.1, -0.05) is 0 Å². The summed E-state index contributed by atoms with van der Waals surface area (Å²) in [5.41, 5.74) is 2.82. The highest BCUT2D eigenvalue weighted by atomic mass is 32.1. The summed E-state index contributed by atoms with van der Waals surface area (Å²) in [5.74, 6) is 0.747. The third kappa shape index (κ3) is 3.12. The zero-order valence-corrected chi connectivity index (χ0v) is 13.6. The van der Waals surface area contributed by atoms with Crippen molar-refractivity contribution in [1.29, 1.82) is 0 Å². The predicted molar refractivity (Wildman–Crippen MR) is 87.6 cm³/mol. The molecule has 3 heterocycles. The molecule has 1 fully saturated rings. The van der Waals surface area contributed by atoms with Gasteiger partial charge in [0.2, 0.25) is 0 Å². The lowest BCUT2D eigenvalue weighted by molar-refractivity contribution is 0.102. The molecule has 7 nitrogen and oxygen atoms in total. The second kappa shape index (κ2) is 6.45. The average Bonchev–Trinajstić information content (AvgIpc) is 3.09. The van der Waals surface area contributed by atoms with E-state index < -0.39 is 0 Å². The molecule has 1 atom stereocenters. The molecule has 0 spiro atoms. The van der Waals surface area contributed by atoms with E-state index in [9.17, 15) is 4.79 Å². The summed E-state index contributed by atoms with van der Waals surface area (Å²) in [7, 11) is 1.90. The lowest BCUT2D eigenvalue weighted by Crippen LogP contribution is -2.31. The van der Waals surface area contributed by atoms with E-state index >= 15 is 0 Å². The number of hydrogen-bond donors (Lipinski definition) is 2. The topological polar surface area (TPSA) is 75.1 Å². The molecule has 1 aliphatic rings. The van der Waals surface area contributed by atoms with E-state index in [1.807, 2.05) is 11.7 Å². The molecule has 2 N–H and O–H groups in total. The third-order valence-electron chi connectivity index (χ3n) is 3.83. The summed E-state index contributed by atoms with van der Waals surface area (Å²) in [4.78, 5) is 18.5. The highest BCUT2D eigenvalue weighted by molar-refractivity contribution is 7.07. The summed E-state index contributed by atoms with van der Waals surface area (Å²) in [6, 6.07) is 0.506. The Kier molecular flexibility index (Phi) is 4.39. The van der Waals surface area contributed by atoms with Crippen LogP contribution in [0, 0.1) is 0 Å². The maximum absolute atomic E-state index is 12.2. The summed E-state index contributed by atoms with van der Waals surface area (Å²) < 4.78 is 1.81. The number of hydrogen-bond acceptors (Lipinski definition) is 6. The summed E-state index contributed by atoms with van der Waals surface area (Å²) in [6.45, 7) is 4.94. The standard InChI is InChI=1S/C14H20N6OS/c1-10-3-5-20(6-4-15-10)14-11(7-17-19(14)2)18-13(21)12-8-22-9-16-12/h7-10,15H,3-6H2,1-2H3,(H,18,21). The van der Waals surface area contributed by atoms with Crippen molar-refractivity contribution >= 4 is 28.7 Å². The summed E-state index contributed by atoms with van der Waals surface area (Å²) >= 11 is 1.41. The minimum absolute atomic E-state index is 0.197. The van der Waals surface area contributed by atoms with Gasteiger partial charge >= 0.3 is 0 Å². The van der Waals surface area contributed by atoms with Gasteiger partial charge in [0.05, 0.1) is 11.7 Å². The highest BCUT2D eigenvalue weighted by Crippen LogP contribution is 2.26. The van der Waals surface area contributed by atoms with Crippen LogP contribution < -0.4 is 15.5 Å². The minimum atomic E-state index is -0.197. The van der Waals surface area contributed by atoms with E-state index in [0.29, 0.717) is 11.7 Å². The second-order valence-electron chi connectivity index (χ2n) is 5.46. The van der Waals surface area contributed by atoms with Crippen molar-refractivity contribution in [2.75, 3.05) is 29.9 Å². The maximum atomic E-state index is 12.2. The fraction of sp³-hybridized carbons (Fsp3) is 0.500. The van der Waals surface area contributed by atoms with Crippen LogP contribution in [0.1, 0.15) is 23.8 Å². The SMILES string of the molecule is CC1CCN(c2c(NC(=O)c3cscn3)cnn2C)CCN1. The van der Waals surface area contributed by atoms with Crippen molar-refractivity contribution in [3.63, 3.8) is 0 Å². The molecule has 8 heteroatoms. The molecule has 3 rings (SSSR count). The average molecular weight is 320 g/mol. The Morgan fingerprint density at radius 1 is 1.50 bits per heavy atom. The number of amides is 1.